The summed E-state index contributed by atoms with van der Waals surface area (Å²) in [7, 11) is 0. The van der Waals surface area contributed by atoms with E-state index in [0.717, 1.165) is 128 Å². The van der Waals surface area contributed by atoms with Crippen molar-refractivity contribution >= 4 is 110 Å². The fourth-order valence-corrected chi connectivity index (χ4v) is 12.6. The molecule has 0 aliphatic rings. The number of carbonyl (C=O) groups is 4. The van der Waals surface area contributed by atoms with Crippen LogP contribution < -0.4 is 37.9 Å². The second-order valence-electron chi connectivity index (χ2n) is 28.5. The van der Waals surface area contributed by atoms with E-state index in [1.807, 2.05) is 334 Å². The molecule has 0 saturated carbocycles. The monoisotopic (exact) mass is 1670 g/mol. The molecule has 2 atom stereocenters. The smallest absolute Gasteiger partial charge is 0.344 e. The minimum absolute atomic E-state index is 0.242. The lowest BCUT2D eigenvalue weighted by Crippen LogP contribution is -2.23. The molecule has 4 N–H and O–H groups in total. The predicted molar refractivity (Wildman–Crippen MR) is 492 cm³/mol. The maximum atomic E-state index is 11.1. The Labute approximate surface area is 728 Å². The van der Waals surface area contributed by atoms with E-state index in [-0.39, 0.29) is 13.2 Å². The van der Waals surface area contributed by atoms with Crippen LogP contribution >= 0.6 is 0 Å². The van der Waals surface area contributed by atoms with Gasteiger partial charge in [0.2, 0.25) is 0 Å². The number of hydrogen-bond donors (Lipinski definition) is 4. The summed E-state index contributed by atoms with van der Waals surface area (Å²) >= 11 is 0. The van der Waals surface area contributed by atoms with Gasteiger partial charge in [0.1, 0.15) is 79.0 Å². The molecule has 16 rings (SSSR count). The van der Waals surface area contributed by atoms with Crippen molar-refractivity contribution < 1.29 is 77.5 Å². The number of hydrogen-bond acceptors (Lipinski definition) is 16. The van der Waals surface area contributed by atoms with E-state index in [2.05, 4.69) is 32.1 Å². The Hall–Kier alpha value is -16.5. The molecule has 0 fully saturated rings. The van der Waals surface area contributed by atoms with Crippen LogP contribution in [0.3, 0.4) is 0 Å². The minimum atomic E-state index is -1.03. The maximum Gasteiger partial charge on any atom is 0.344 e. The van der Waals surface area contributed by atoms with Crippen molar-refractivity contribution in [3.05, 3.63) is 413 Å². The number of aliphatic carboxylic acids is 4. The number of benzene rings is 12. The molecule has 0 aliphatic carbocycles. The van der Waals surface area contributed by atoms with E-state index in [0.29, 0.717) is 54.3 Å². The first-order chi connectivity index (χ1) is 61.5. The van der Waals surface area contributed by atoms with Gasteiger partial charge in [0.05, 0.1) is 44.8 Å². The van der Waals surface area contributed by atoms with Gasteiger partial charge >= 0.3 is 23.9 Å². The van der Waals surface area contributed by atoms with Crippen LogP contribution in [-0.4, -0.2) is 83.1 Å². The van der Waals surface area contributed by atoms with Crippen LogP contribution in [0.25, 0.3) is 86.1 Å². The van der Waals surface area contributed by atoms with Crippen molar-refractivity contribution in [2.45, 2.75) is 59.1 Å². The van der Waals surface area contributed by atoms with Crippen molar-refractivity contribution in [2.75, 3.05) is 6.61 Å². The van der Waals surface area contributed by atoms with Gasteiger partial charge in [-0.15, -0.1) is 0 Å². The highest BCUT2D eigenvalue weighted by atomic mass is 16.5. The standard InChI is InChI=1S/2C27H23NO4.C27H21NO3.C25H21NO5/c1-19(27(29)30)32-26-9-5-3-7-22(26)18-31-24-16-11-20(12-17-24)10-14-23-15-13-21-6-2-4-8-25(21)28-23;1-19(27(29)30)32-26-9-5-3-7-22(26)13-10-20-11-16-24(17-12-20)31-18-23-15-14-21-6-2-4-8-25(21)28-23;29-27(30)18-14-22-6-2-1-5-21(22)12-9-20-10-16-25(17-11-20)31-19-24-15-13-23-7-3-4-8-26(23)28-24;27-25(28)17-31-24-11-4-2-7-19(24)15-29-21-8-5-9-22(14-21)30-16-20-13-12-18-6-1-3-10-23(18)26-20/h2*2-17,19H,18H2,1H3,(H,29,30);1-18H,19H2,(H,29,30);1-14H,15-17H2,(H,27,28)/b14-10+;13-10+;12-9+,18-14+;. The first kappa shape index (κ1) is 87.3. The molecule has 628 valence electrons. The summed E-state index contributed by atoms with van der Waals surface area (Å²) in [4.78, 5) is 62.2. The Morgan fingerprint density at radius 1 is 0.294 bits per heavy atom. The molecule has 4 heterocycles. The zero-order valence-electron chi connectivity index (χ0n) is 68.8. The van der Waals surface area contributed by atoms with Crippen LogP contribution in [0.2, 0.25) is 0 Å². The highest BCUT2D eigenvalue weighted by Gasteiger charge is 2.17. The van der Waals surface area contributed by atoms with Crippen LogP contribution in [0.1, 0.15) is 81.1 Å². The molecule has 4 aromatic heterocycles. The molecule has 16 aromatic rings. The molecule has 20 nitrogen and oxygen atoms in total. The fourth-order valence-electron chi connectivity index (χ4n) is 12.6. The third kappa shape index (κ3) is 26.8. The third-order valence-electron chi connectivity index (χ3n) is 19.3. The van der Waals surface area contributed by atoms with Gasteiger partial charge in [-0.25, -0.2) is 39.1 Å². The molecule has 0 aliphatic heterocycles. The zero-order valence-corrected chi connectivity index (χ0v) is 68.8. The highest BCUT2D eigenvalue weighted by molar-refractivity contribution is 5.88. The molecule has 0 amide bonds. The lowest BCUT2D eigenvalue weighted by atomic mass is 10.1. The summed E-state index contributed by atoms with van der Waals surface area (Å²) in [6, 6.07) is 108. The first-order valence-corrected chi connectivity index (χ1v) is 40.4. The molecule has 0 spiro atoms. The summed E-state index contributed by atoms with van der Waals surface area (Å²) in [5.74, 6) is 1.07. The number of pyridine rings is 4. The number of ether oxygens (including phenoxy) is 8. The van der Waals surface area contributed by atoms with E-state index in [9.17, 15) is 19.2 Å². The Morgan fingerprint density at radius 3 is 1.10 bits per heavy atom. The largest absolute Gasteiger partial charge is 0.489 e. The van der Waals surface area contributed by atoms with Gasteiger partial charge in [-0.05, 0) is 169 Å². The van der Waals surface area contributed by atoms with Crippen molar-refractivity contribution in [2.24, 2.45) is 0 Å². The molecule has 20 heteroatoms. The van der Waals surface area contributed by atoms with E-state index in [1.54, 1.807) is 36.4 Å². The van der Waals surface area contributed by atoms with Gasteiger partial charge < -0.3 is 58.3 Å². The number of fused-ring (bicyclic) bond motifs is 4. The SMILES string of the molecule is CC(Oc1ccccc1/C=C/c1ccc(OCc2ccc3ccccc3n2)cc1)C(=O)O.CC(Oc1ccccc1COc1ccc(/C=C/c2ccc3ccccc3n2)cc1)C(=O)O.O=C(O)/C=C/c1ccccc1/C=C/c1ccc(OCc2ccc3ccccc3n2)cc1.O=C(O)COc1ccccc1COc1cccc(OCc2ccc3ccccc3n2)c1. The average molecular weight is 1670 g/mol. The Bertz CT molecular complexity index is 6510. The van der Waals surface area contributed by atoms with Gasteiger partial charge in [0.15, 0.2) is 18.8 Å². The topological polar surface area (TPSA) is 275 Å². The number of nitrogens with zero attached hydrogens (tertiary/aromatic N) is 4. The second-order valence-corrected chi connectivity index (χ2v) is 28.5. The van der Waals surface area contributed by atoms with E-state index >= 15 is 0 Å². The molecule has 12 aromatic carbocycles. The Morgan fingerprint density at radius 2 is 0.643 bits per heavy atom. The Balaban J connectivity index is 0.000000144. The molecular weight excluding hydrogens is 1590 g/mol. The summed E-state index contributed by atoms with van der Waals surface area (Å²) in [6.45, 7) is 4.28. The molecule has 0 saturated heterocycles. The van der Waals surface area contributed by atoms with Gasteiger partial charge in [-0.3, -0.25) is 0 Å². The quantitative estimate of drug-likeness (QED) is 0.0225. The maximum absolute atomic E-state index is 11.1. The molecule has 2 unspecified atom stereocenters. The molecule has 0 bridgehead atoms. The summed E-state index contributed by atoms with van der Waals surface area (Å²) in [5, 5.41) is 40.2. The van der Waals surface area contributed by atoms with Crippen LogP contribution in [0, 0.1) is 0 Å². The fraction of sp³-hybridized carbons (Fsp3) is 0.0943. The number of carboxylic acids is 4. The van der Waals surface area contributed by atoms with E-state index in [1.165, 1.54) is 13.8 Å². The molecular formula is C106H88N4O16. The molecule has 126 heavy (non-hydrogen) atoms. The summed E-state index contributed by atoms with van der Waals surface area (Å²) < 4.78 is 45.8. The van der Waals surface area contributed by atoms with Gasteiger partial charge in [-0.1, -0.05) is 249 Å². The van der Waals surface area contributed by atoms with Crippen LogP contribution in [0.5, 0.6) is 46.0 Å². The zero-order chi connectivity index (χ0) is 87.6. The van der Waals surface area contributed by atoms with Crippen LogP contribution in [0.15, 0.2) is 346 Å². The van der Waals surface area contributed by atoms with E-state index in [4.69, 9.17) is 58.3 Å². The van der Waals surface area contributed by atoms with E-state index < -0.39 is 42.7 Å². The predicted octanol–water partition coefficient (Wildman–Crippen LogP) is 22.6. The van der Waals surface area contributed by atoms with Crippen molar-refractivity contribution in [1.82, 2.24) is 19.9 Å². The highest BCUT2D eigenvalue weighted by Crippen LogP contribution is 2.30. The number of para-hydroxylation sites is 7. The minimum Gasteiger partial charge on any atom is -0.489 e. The lowest BCUT2D eigenvalue weighted by molar-refractivity contribution is -0.145. The van der Waals surface area contributed by atoms with Crippen molar-refractivity contribution in [1.29, 1.82) is 0 Å². The number of carboxylic acid groups (broad SMARTS) is 4. The third-order valence-corrected chi connectivity index (χ3v) is 19.3. The normalized spacial score (nSPS) is 11.5. The van der Waals surface area contributed by atoms with Gasteiger partial charge in [0, 0.05) is 50.4 Å². The average Bonchev–Trinajstić information content (AvgIpc) is 0.851. The molecule has 0 radical (unpaired) electrons. The Kier molecular flexibility index (Phi) is 31.0. The number of aromatic nitrogens is 4. The number of rotatable bonds is 32. The van der Waals surface area contributed by atoms with Crippen LogP contribution in [0.4, 0.5) is 0 Å². The van der Waals surface area contributed by atoms with Crippen molar-refractivity contribution in [3.8, 4) is 46.0 Å². The summed E-state index contributed by atoms with van der Waals surface area (Å²) in [6.07, 6.45) is 12.7. The van der Waals surface area contributed by atoms with Crippen LogP contribution in [-0.2, 0) is 52.2 Å². The second kappa shape index (κ2) is 44.7. The summed E-state index contributed by atoms with van der Waals surface area (Å²) in [5.41, 5.74) is 14.5. The lowest BCUT2D eigenvalue weighted by Gasteiger charge is -2.15. The van der Waals surface area contributed by atoms with Crippen molar-refractivity contribution in [3.63, 3.8) is 0 Å². The first-order valence-electron chi connectivity index (χ1n) is 40.4. The van der Waals surface area contributed by atoms with Gasteiger partial charge in [-0.2, -0.15) is 0 Å². The van der Waals surface area contributed by atoms with Gasteiger partial charge in [0.25, 0.3) is 0 Å².